The van der Waals surface area contributed by atoms with Gasteiger partial charge in [0.25, 0.3) is 0 Å². The minimum atomic E-state index is 0.110. The molecule has 2 aromatic rings. The molecular formula is C14H16N4OS2. The summed E-state index contributed by atoms with van der Waals surface area (Å²) < 4.78 is 0. The highest BCUT2D eigenvalue weighted by Gasteiger charge is 2.24. The van der Waals surface area contributed by atoms with Crippen LogP contribution in [0.2, 0.25) is 0 Å². The van der Waals surface area contributed by atoms with Gasteiger partial charge < -0.3 is 4.90 Å². The second kappa shape index (κ2) is 6.53. The van der Waals surface area contributed by atoms with Crippen molar-refractivity contribution in [2.45, 2.75) is 28.6 Å². The lowest BCUT2D eigenvalue weighted by Gasteiger charge is -2.22. The average Bonchev–Trinajstić information content (AvgIpc) is 2.94. The minimum absolute atomic E-state index is 0.110. The molecule has 2 heterocycles. The van der Waals surface area contributed by atoms with E-state index in [0.29, 0.717) is 16.2 Å². The van der Waals surface area contributed by atoms with Gasteiger partial charge in [0.2, 0.25) is 5.91 Å². The summed E-state index contributed by atoms with van der Waals surface area (Å²) in [6.45, 7) is 2.97. The van der Waals surface area contributed by atoms with E-state index in [-0.39, 0.29) is 5.91 Å². The van der Waals surface area contributed by atoms with Crippen molar-refractivity contribution in [3.8, 4) is 0 Å². The highest BCUT2D eigenvalue weighted by molar-refractivity contribution is 8.00. The molecule has 1 N–H and O–H groups in total. The third-order valence-corrected chi connectivity index (χ3v) is 5.37. The lowest BCUT2D eigenvalue weighted by atomic mass is 10.2. The maximum absolute atomic E-state index is 12.5. The van der Waals surface area contributed by atoms with E-state index in [1.807, 2.05) is 34.9 Å². The van der Waals surface area contributed by atoms with Gasteiger partial charge in [-0.15, -0.1) is 11.8 Å². The molecule has 1 amide bonds. The zero-order valence-corrected chi connectivity index (χ0v) is 13.3. The molecule has 7 heteroatoms. The molecule has 1 aliphatic rings. The first-order chi connectivity index (χ1) is 10.2. The third kappa shape index (κ3) is 3.41. The highest BCUT2D eigenvalue weighted by Crippen LogP contribution is 2.37. The van der Waals surface area contributed by atoms with Gasteiger partial charge in [0, 0.05) is 16.7 Å². The second-order valence-electron chi connectivity index (χ2n) is 4.81. The molecule has 0 bridgehead atoms. The van der Waals surface area contributed by atoms with E-state index in [0.717, 1.165) is 18.7 Å². The zero-order valence-electron chi connectivity index (χ0n) is 11.7. The Labute approximate surface area is 131 Å². The number of hydrogen-bond acceptors (Lipinski definition) is 5. The summed E-state index contributed by atoms with van der Waals surface area (Å²) in [6, 6.07) is 8.12. The summed E-state index contributed by atoms with van der Waals surface area (Å²) in [4.78, 5) is 19.7. The van der Waals surface area contributed by atoms with E-state index in [4.69, 9.17) is 0 Å². The summed E-state index contributed by atoms with van der Waals surface area (Å²) in [6.07, 6.45) is 2.45. The molecule has 0 saturated heterocycles. The predicted octanol–water partition coefficient (Wildman–Crippen LogP) is 2.81. The number of aromatic amines is 1. The van der Waals surface area contributed by atoms with Crippen LogP contribution in [-0.4, -0.2) is 38.6 Å². The van der Waals surface area contributed by atoms with Gasteiger partial charge in [0.1, 0.15) is 6.33 Å². The summed E-state index contributed by atoms with van der Waals surface area (Å²) >= 11 is 3.22. The lowest BCUT2D eigenvalue weighted by molar-refractivity contribution is -0.116. The van der Waals surface area contributed by atoms with Crippen molar-refractivity contribution in [2.24, 2.45) is 0 Å². The number of nitrogens with zero attached hydrogens (tertiary/aromatic N) is 3. The Bertz CT molecular complexity index is 617. The molecule has 1 aromatic carbocycles. The van der Waals surface area contributed by atoms with E-state index in [1.54, 1.807) is 0 Å². The van der Waals surface area contributed by atoms with Gasteiger partial charge in [-0.25, -0.2) is 4.98 Å². The fraction of sp³-hybridized carbons (Fsp3) is 0.357. The molecule has 1 aliphatic heterocycles. The number of nitrogens with one attached hydrogen (secondary N) is 1. The molecule has 0 fully saturated rings. The van der Waals surface area contributed by atoms with Crippen molar-refractivity contribution in [1.82, 2.24) is 15.2 Å². The van der Waals surface area contributed by atoms with Crippen LogP contribution in [0.5, 0.6) is 0 Å². The molecule has 0 saturated carbocycles. The number of para-hydroxylation sites is 1. The van der Waals surface area contributed by atoms with Crippen LogP contribution in [0.15, 0.2) is 40.6 Å². The quantitative estimate of drug-likeness (QED) is 0.881. The summed E-state index contributed by atoms with van der Waals surface area (Å²) in [5, 5.41) is 7.74. The Balaban J connectivity index is 1.76. The topological polar surface area (TPSA) is 61.9 Å². The molecule has 5 nitrogen and oxygen atoms in total. The monoisotopic (exact) mass is 320 g/mol. The molecule has 110 valence electrons. The van der Waals surface area contributed by atoms with Crippen LogP contribution in [0, 0.1) is 0 Å². The molecule has 0 radical (unpaired) electrons. The zero-order chi connectivity index (χ0) is 14.7. The minimum Gasteiger partial charge on any atom is -0.311 e. The number of carbonyl (C=O) groups is 1. The average molecular weight is 320 g/mol. The predicted molar refractivity (Wildman–Crippen MR) is 85.8 cm³/mol. The number of aromatic nitrogens is 3. The van der Waals surface area contributed by atoms with Crippen LogP contribution >= 0.6 is 23.5 Å². The van der Waals surface area contributed by atoms with E-state index >= 15 is 0 Å². The Morgan fingerprint density at radius 1 is 1.52 bits per heavy atom. The van der Waals surface area contributed by atoms with E-state index in [9.17, 15) is 4.79 Å². The fourth-order valence-corrected chi connectivity index (χ4v) is 3.99. The van der Waals surface area contributed by atoms with E-state index in [1.165, 1.54) is 23.0 Å². The first-order valence-corrected chi connectivity index (χ1v) is 8.65. The van der Waals surface area contributed by atoms with Gasteiger partial charge in [0.15, 0.2) is 5.16 Å². The van der Waals surface area contributed by atoms with Crippen molar-refractivity contribution in [3.63, 3.8) is 0 Å². The Kier molecular flexibility index (Phi) is 4.50. The molecule has 3 rings (SSSR count). The Morgan fingerprint density at radius 3 is 3.19 bits per heavy atom. The number of fused-ring (bicyclic) bond motifs is 1. The smallest absolute Gasteiger partial charge is 0.237 e. The van der Waals surface area contributed by atoms with Crippen LogP contribution in [0.4, 0.5) is 5.69 Å². The summed E-state index contributed by atoms with van der Waals surface area (Å²) in [5.41, 5.74) is 1.02. The molecule has 0 aliphatic carbocycles. The van der Waals surface area contributed by atoms with Gasteiger partial charge in [-0.05, 0) is 18.6 Å². The van der Waals surface area contributed by atoms with Gasteiger partial charge in [0.05, 0.1) is 11.4 Å². The van der Waals surface area contributed by atoms with Gasteiger partial charge in [-0.1, -0.05) is 30.8 Å². The SMILES string of the molecule is C[C@H]1CCN(C(=O)CSc2ncn[nH]2)c2ccccc2S1. The van der Waals surface area contributed by atoms with Crippen molar-refractivity contribution >= 4 is 35.1 Å². The second-order valence-corrected chi connectivity index (χ2v) is 7.25. The number of thioether (sulfide) groups is 2. The van der Waals surface area contributed by atoms with E-state index in [2.05, 4.69) is 28.2 Å². The number of amides is 1. The molecule has 0 spiro atoms. The standard InChI is InChI=1S/C14H16N4OS2/c1-10-6-7-18(11-4-2-3-5-12(11)21-10)13(19)8-20-14-15-9-16-17-14/h2-5,9-10H,6-8H2,1H3,(H,15,16,17)/t10-/m0/s1. The molecular weight excluding hydrogens is 304 g/mol. The maximum Gasteiger partial charge on any atom is 0.237 e. The van der Waals surface area contributed by atoms with Crippen LogP contribution in [0.3, 0.4) is 0 Å². The van der Waals surface area contributed by atoms with Gasteiger partial charge in [-0.3, -0.25) is 9.89 Å². The van der Waals surface area contributed by atoms with Crippen LogP contribution in [0.1, 0.15) is 13.3 Å². The van der Waals surface area contributed by atoms with E-state index < -0.39 is 0 Å². The molecule has 21 heavy (non-hydrogen) atoms. The van der Waals surface area contributed by atoms with Crippen LogP contribution in [-0.2, 0) is 4.79 Å². The fourth-order valence-electron chi connectivity index (χ4n) is 2.22. The largest absolute Gasteiger partial charge is 0.311 e. The maximum atomic E-state index is 12.5. The van der Waals surface area contributed by atoms with Crippen molar-refractivity contribution in [2.75, 3.05) is 17.2 Å². The molecule has 1 atom stereocenters. The number of rotatable bonds is 3. The van der Waals surface area contributed by atoms with Gasteiger partial charge >= 0.3 is 0 Å². The highest BCUT2D eigenvalue weighted by atomic mass is 32.2. The normalized spacial score (nSPS) is 18.1. The number of H-pyrrole nitrogens is 1. The van der Waals surface area contributed by atoms with Crippen molar-refractivity contribution in [1.29, 1.82) is 0 Å². The van der Waals surface area contributed by atoms with Crippen molar-refractivity contribution < 1.29 is 4.79 Å². The van der Waals surface area contributed by atoms with Crippen LogP contribution < -0.4 is 4.90 Å². The molecule has 1 aromatic heterocycles. The van der Waals surface area contributed by atoms with Crippen molar-refractivity contribution in [3.05, 3.63) is 30.6 Å². The number of anilines is 1. The summed E-state index contributed by atoms with van der Waals surface area (Å²) in [5.74, 6) is 0.473. The Morgan fingerprint density at radius 2 is 2.38 bits per heavy atom. The third-order valence-electron chi connectivity index (χ3n) is 3.27. The Hall–Kier alpha value is -1.47. The molecule has 0 unspecified atom stereocenters. The first kappa shape index (κ1) is 14.5. The van der Waals surface area contributed by atoms with Crippen LogP contribution in [0.25, 0.3) is 0 Å². The number of carbonyl (C=O) groups excluding carboxylic acids is 1. The number of benzene rings is 1. The first-order valence-electron chi connectivity index (χ1n) is 6.78. The van der Waals surface area contributed by atoms with Gasteiger partial charge in [-0.2, -0.15) is 5.10 Å². The number of hydrogen-bond donors (Lipinski definition) is 1. The summed E-state index contributed by atoms with van der Waals surface area (Å²) in [7, 11) is 0. The lowest BCUT2D eigenvalue weighted by Crippen LogP contribution is -2.33.